The van der Waals surface area contributed by atoms with Crippen LogP contribution in [0.3, 0.4) is 0 Å². The van der Waals surface area contributed by atoms with Crippen molar-refractivity contribution < 1.29 is 13.9 Å². The minimum absolute atomic E-state index is 0.154. The van der Waals surface area contributed by atoms with Gasteiger partial charge < -0.3 is 10.5 Å². The average Bonchev–Trinajstić information content (AvgIpc) is 2.38. The fourth-order valence-corrected chi connectivity index (χ4v) is 1.45. The smallest absolute Gasteiger partial charge is 0.286 e. The molecular formula is C12H9FN3O2. The molecule has 6 heteroatoms. The monoisotopic (exact) mass is 246 g/mol. The Bertz CT molecular complexity index is 602. The van der Waals surface area contributed by atoms with Crippen molar-refractivity contribution in [1.82, 2.24) is 9.97 Å². The molecule has 91 valence electrons. The van der Waals surface area contributed by atoms with Gasteiger partial charge in [0.2, 0.25) is 5.82 Å². The van der Waals surface area contributed by atoms with Gasteiger partial charge in [-0.2, -0.15) is 0 Å². The largest absolute Gasteiger partial charge is 0.496 e. The van der Waals surface area contributed by atoms with Gasteiger partial charge in [-0.3, -0.25) is 4.79 Å². The molecule has 2 aromatic rings. The van der Waals surface area contributed by atoms with E-state index in [-0.39, 0.29) is 5.82 Å². The Morgan fingerprint density at radius 3 is 2.94 bits per heavy atom. The molecule has 0 aliphatic carbocycles. The van der Waals surface area contributed by atoms with Crippen LogP contribution < -0.4 is 10.5 Å². The van der Waals surface area contributed by atoms with Crippen LogP contribution in [0.1, 0.15) is 10.6 Å². The lowest BCUT2D eigenvalue weighted by molar-refractivity contribution is 0.0990. The highest BCUT2D eigenvalue weighted by Gasteiger charge is 2.11. The fourth-order valence-electron chi connectivity index (χ4n) is 1.45. The minimum Gasteiger partial charge on any atom is -0.496 e. The Labute approximate surface area is 102 Å². The third kappa shape index (κ3) is 2.27. The zero-order valence-electron chi connectivity index (χ0n) is 9.48. The first-order chi connectivity index (χ1) is 8.61. The average molecular weight is 246 g/mol. The number of nitrogens with two attached hydrogens (primary N) is 1. The van der Waals surface area contributed by atoms with Crippen molar-refractivity contribution in [3.05, 3.63) is 42.1 Å². The Morgan fingerprint density at radius 1 is 1.50 bits per heavy atom. The normalized spacial score (nSPS) is 10.1. The van der Waals surface area contributed by atoms with Crippen LogP contribution in [0.4, 0.5) is 4.39 Å². The van der Waals surface area contributed by atoms with Crippen molar-refractivity contribution in [2.75, 3.05) is 7.11 Å². The molecule has 0 spiro atoms. The van der Waals surface area contributed by atoms with Crippen LogP contribution >= 0.6 is 0 Å². The first-order valence-corrected chi connectivity index (χ1v) is 5.00. The van der Waals surface area contributed by atoms with Gasteiger partial charge in [-0.25, -0.2) is 14.4 Å². The molecule has 0 aliphatic heterocycles. The molecule has 0 fully saturated rings. The molecule has 2 N–H and O–H groups in total. The summed E-state index contributed by atoms with van der Waals surface area (Å²) >= 11 is 0. The van der Waals surface area contributed by atoms with Gasteiger partial charge in [0.1, 0.15) is 11.6 Å². The lowest BCUT2D eigenvalue weighted by atomic mass is 10.1. The summed E-state index contributed by atoms with van der Waals surface area (Å²) in [7, 11) is 1.41. The summed E-state index contributed by atoms with van der Waals surface area (Å²) in [6, 6.07) is 5.45. The minimum atomic E-state index is -0.755. The fraction of sp³-hybridized carbons (Fsp3) is 0.0833. The summed E-state index contributed by atoms with van der Waals surface area (Å²) in [5.41, 5.74) is 5.99. The number of ether oxygens (including phenoxy) is 1. The maximum Gasteiger partial charge on any atom is 0.286 e. The van der Waals surface area contributed by atoms with Crippen LogP contribution in [0, 0.1) is 12.0 Å². The number of hydrogen-bond acceptors (Lipinski definition) is 4. The first kappa shape index (κ1) is 12.0. The van der Waals surface area contributed by atoms with Crippen molar-refractivity contribution in [2.24, 2.45) is 5.73 Å². The van der Waals surface area contributed by atoms with Crippen LogP contribution in [0.25, 0.3) is 11.3 Å². The second-order valence-electron chi connectivity index (χ2n) is 3.41. The molecule has 1 radical (unpaired) electrons. The Balaban J connectivity index is 2.54. The van der Waals surface area contributed by atoms with Gasteiger partial charge in [0.15, 0.2) is 0 Å². The van der Waals surface area contributed by atoms with E-state index in [2.05, 4.69) is 16.2 Å². The van der Waals surface area contributed by atoms with E-state index in [1.165, 1.54) is 31.4 Å². The molecule has 1 aromatic heterocycles. The van der Waals surface area contributed by atoms with Crippen LogP contribution in [0.2, 0.25) is 0 Å². The highest BCUT2D eigenvalue weighted by Crippen LogP contribution is 2.28. The number of carbonyl (C=O) groups is 1. The Kier molecular flexibility index (Phi) is 3.18. The molecule has 18 heavy (non-hydrogen) atoms. The molecule has 0 atom stereocenters. The van der Waals surface area contributed by atoms with Gasteiger partial charge in [0.05, 0.1) is 19.0 Å². The van der Waals surface area contributed by atoms with Gasteiger partial charge in [-0.15, -0.1) is 0 Å². The SMILES string of the molecule is COc1cc(F)ccc1-c1c[c]nc(C(N)=O)n1. The number of aromatic nitrogens is 2. The summed E-state index contributed by atoms with van der Waals surface area (Å²) < 4.78 is 18.1. The van der Waals surface area contributed by atoms with Crippen LogP contribution in [-0.2, 0) is 0 Å². The quantitative estimate of drug-likeness (QED) is 0.882. The van der Waals surface area contributed by atoms with E-state index in [1.54, 1.807) is 0 Å². The molecule has 0 bridgehead atoms. The highest BCUT2D eigenvalue weighted by molar-refractivity contribution is 5.89. The highest BCUT2D eigenvalue weighted by atomic mass is 19.1. The van der Waals surface area contributed by atoms with E-state index >= 15 is 0 Å². The number of nitrogens with zero attached hydrogens (tertiary/aromatic N) is 2. The maximum absolute atomic E-state index is 13.1. The molecule has 1 heterocycles. The third-order valence-corrected chi connectivity index (χ3v) is 2.26. The molecule has 1 amide bonds. The second-order valence-corrected chi connectivity index (χ2v) is 3.41. The van der Waals surface area contributed by atoms with E-state index in [4.69, 9.17) is 10.5 Å². The summed E-state index contributed by atoms with van der Waals surface area (Å²) in [6.45, 7) is 0. The molecular weight excluding hydrogens is 237 g/mol. The van der Waals surface area contributed by atoms with Crippen molar-refractivity contribution in [1.29, 1.82) is 0 Å². The Morgan fingerprint density at radius 2 is 2.28 bits per heavy atom. The van der Waals surface area contributed by atoms with E-state index in [1.807, 2.05) is 0 Å². The van der Waals surface area contributed by atoms with Crippen LogP contribution in [0.15, 0.2) is 24.3 Å². The second kappa shape index (κ2) is 4.79. The van der Waals surface area contributed by atoms with Crippen LogP contribution in [-0.4, -0.2) is 23.0 Å². The van der Waals surface area contributed by atoms with E-state index < -0.39 is 11.7 Å². The predicted octanol–water partition coefficient (Wildman–Crippen LogP) is 1.19. The Hall–Kier alpha value is -2.50. The first-order valence-electron chi connectivity index (χ1n) is 5.00. The van der Waals surface area contributed by atoms with Gasteiger partial charge in [-0.05, 0) is 18.2 Å². The molecule has 0 saturated heterocycles. The number of carbonyl (C=O) groups excluding carboxylic acids is 1. The summed E-state index contributed by atoms with van der Waals surface area (Å²) in [6.07, 6.45) is 2.51. The van der Waals surface area contributed by atoms with Crippen molar-refractivity contribution >= 4 is 5.91 Å². The molecule has 5 nitrogen and oxygen atoms in total. The molecule has 2 rings (SSSR count). The zero-order valence-corrected chi connectivity index (χ0v) is 9.48. The topological polar surface area (TPSA) is 78.1 Å². The van der Waals surface area contributed by atoms with Gasteiger partial charge >= 0.3 is 0 Å². The standard InChI is InChI=1S/C12H9FN3O2/c1-18-10-6-7(13)2-3-8(10)9-4-5-15-12(16-9)11(14)17/h2-4,6H,1H3,(H2,14,17). The predicted molar refractivity (Wildman–Crippen MR) is 61.3 cm³/mol. The van der Waals surface area contributed by atoms with Crippen LogP contribution in [0.5, 0.6) is 5.75 Å². The van der Waals surface area contributed by atoms with Crippen molar-refractivity contribution in [3.8, 4) is 17.0 Å². The summed E-state index contributed by atoms with van der Waals surface area (Å²) in [5, 5.41) is 0. The zero-order chi connectivity index (χ0) is 13.1. The molecule has 0 aliphatic rings. The number of rotatable bonds is 3. The third-order valence-electron chi connectivity index (χ3n) is 2.26. The molecule has 1 aromatic carbocycles. The van der Waals surface area contributed by atoms with Gasteiger partial charge in [0.25, 0.3) is 5.91 Å². The summed E-state index contributed by atoms with van der Waals surface area (Å²) in [5.74, 6) is -1.03. The molecule has 0 saturated carbocycles. The maximum atomic E-state index is 13.1. The number of benzene rings is 1. The lowest BCUT2D eigenvalue weighted by Gasteiger charge is -2.08. The number of amides is 1. The van der Waals surface area contributed by atoms with E-state index in [9.17, 15) is 9.18 Å². The molecule has 0 unspecified atom stereocenters. The van der Waals surface area contributed by atoms with Gasteiger partial charge in [-0.1, -0.05) is 0 Å². The van der Waals surface area contributed by atoms with E-state index in [0.29, 0.717) is 17.0 Å². The van der Waals surface area contributed by atoms with Crippen molar-refractivity contribution in [2.45, 2.75) is 0 Å². The van der Waals surface area contributed by atoms with Gasteiger partial charge in [0, 0.05) is 11.6 Å². The number of primary amides is 1. The van der Waals surface area contributed by atoms with E-state index in [0.717, 1.165) is 0 Å². The number of halogens is 1. The number of hydrogen-bond donors (Lipinski definition) is 1. The van der Waals surface area contributed by atoms with Crippen molar-refractivity contribution in [3.63, 3.8) is 0 Å². The summed E-state index contributed by atoms with van der Waals surface area (Å²) in [4.78, 5) is 18.6. The number of methoxy groups -OCH3 is 1. The lowest BCUT2D eigenvalue weighted by Crippen LogP contribution is -2.15.